The van der Waals surface area contributed by atoms with Crippen molar-refractivity contribution in [1.82, 2.24) is 9.80 Å². The van der Waals surface area contributed by atoms with Crippen LogP contribution in [0.3, 0.4) is 0 Å². The fourth-order valence-corrected chi connectivity index (χ4v) is 4.86. The van der Waals surface area contributed by atoms with Gasteiger partial charge in [0.15, 0.2) is 0 Å². The van der Waals surface area contributed by atoms with Crippen molar-refractivity contribution in [3.05, 3.63) is 68.8 Å². The van der Waals surface area contributed by atoms with Crippen LogP contribution in [0.4, 0.5) is 0 Å². The van der Waals surface area contributed by atoms with Crippen LogP contribution in [0.5, 0.6) is 5.75 Å². The van der Waals surface area contributed by atoms with Gasteiger partial charge in [-0.2, -0.15) is 0 Å². The molecule has 1 amide bonds. The molecule has 2 heterocycles. The molecule has 35 heavy (non-hydrogen) atoms. The van der Waals surface area contributed by atoms with Crippen molar-refractivity contribution in [2.45, 2.75) is 25.8 Å². The highest BCUT2D eigenvalue weighted by molar-refractivity contribution is 14.1. The van der Waals surface area contributed by atoms with E-state index in [0.717, 1.165) is 41.6 Å². The highest BCUT2D eigenvalue weighted by Crippen LogP contribution is 2.40. The van der Waals surface area contributed by atoms with Crippen molar-refractivity contribution in [2.75, 3.05) is 46.0 Å². The summed E-state index contributed by atoms with van der Waals surface area (Å²) in [4.78, 5) is 30.3. The standard InChI is InChI=1S/C27H31IN2O5/c1-2-15-35-22-6-3-5-20(18-22)25(31)23-24(19-7-9-21(28)10-8-19)30(27(33)26(23)32)12-4-11-29-13-16-34-17-14-29/h3,5-10,18,24,31H,2,4,11-17H2,1H3. The number of ether oxygens (including phenoxy) is 2. The average molecular weight is 590 g/mol. The van der Waals surface area contributed by atoms with Gasteiger partial charge >= 0.3 is 0 Å². The van der Waals surface area contributed by atoms with Gasteiger partial charge in [-0.15, -0.1) is 0 Å². The van der Waals surface area contributed by atoms with Gasteiger partial charge in [-0.1, -0.05) is 31.2 Å². The van der Waals surface area contributed by atoms with Gasteiger partial charge in [0.05, 0.1) is 31.4 Å². The number of halogens is 1. The number of rotatable bonds is 9. The number of Topliss-reactive ketones (excluding diaryl/α,β-unsaturated/α-hetero) is 1. The van der Waals surface area contributed by atoms with E-state index < -0.39 is 17.7 Å². The van der Waals surface area contributed by atoms with Crippen molar-refractivity contribution in [3.63, 3.8) is 0 Å². The fourth-order valence-electron chi connectivity index (χ4n) is 4.50. The summed E-state index contributed by atoms with van der Waals surface area (Å²) >= 11 is 2.22. The van der Waals surface area contributed by atoms with Crippen molar-refractivity contribution < 1.29 is 24.2 Å². The van der Waals surface area contributed by atoms with Crippen LogP contribution >= 0.6 is 22.6 Å². The van der Waals surface area contributed by atoms with Crippen molar-refractivity contribution in [1.29, 1.82) is 0 Å². The van der Waals surface area contributed by atoms with Crippen LogP contribution in [0.1, 0.15) is 36.9 Å². The van der Waals surface area contributed by atoms with Gasteiger partial charge in [-0.05, 0) is 65.3 Å². The Morgan fingerprint density at radius 1 is 1.11 bits per heavy atom. The number of nitrogens with zero attached hydrogens (tertiary/aromatic N) is 2. The first kappa shape index (κ1) is 25.7. The number of ketones is 1. The number of hydrogen-bond donors (Lipinski definition) is 1. The van der Waals surface area contributed by atoms with Crippen LogP contribution in [-0.4, -0.2) is 72.6 Å². The summed E-state index contributed by atoms with van der Waals surface area (Å²) in [7, 11) is 0. The molecule has 8 heteroatoms. The molecule has 0 saturated carbocycles. The molecule has 2 saturated heterocycles. The zero-order valence-corrected chi connectivity index (χ0v) is 22.1. The summed E-state index contributed by atoms with van der Waals surface area (Å²) in [6.07, 6.45) is 1.59. The van der Waals surface area contributed by atoms with Crippen molar-refractivity contribution in [2.24, 2.45) is 0 Å². The average Bonchev–Trinajstić information content (AvgIpc) is 3.13. The van der Waals surface area contributed by atoms with Gasteiger partial charge in [0, 0.05) is 35.3 Å². The molecule has 2 fully saturated rings. The Morgan fingerprint density at radius 3 is 2.57 bits per heavy atom. The maximum absolute atomic E-state index is 13.2. The third-order valence-corrected chi connectivity index (χ3v) is 7.00. The SMILES string of the molecule is CCCOc1cccc(C(O)=C2C(=O)C(=O)N(CCCN3CCOCC3)C2c2ccc(I)cc2)c1. The summed E-state index contributed by atoms with van der Waals surface area (Å²) in [5, 5.41) is 11.3. The summed E-state index contributed by atoms with van der Waals surface area (Å²) in [5.74, 6) is -0.793. The third-order valence-electron chi connectivity index (χ3n) is 6.28. The summed E-state index contributed by atoms with van der Waals surface area (Å²) in [6, 6.07) is 14.1. The minimum atomic E-state index is -0.655. The number of amides is 1. The zero-order valence-electron chi connectivity index (χ0n) is 19.9. The van der Waals surface area contributed by atoms with E-state index in [1.165, 1.54) is 0 Å². The number of morpholine rings is 1. The Labute approximate surface area is 219 Å². The molecule has 1 unspecified atom stereocenters. The van der Waals surface area contributed by atoms with Crippen LogP contribution < -0.4 is 4.74 Å². The van der Waals surface area contributed by atoms with E-state index in [0.29, 0.717) is 37.7 Å². The number of carbonyl (C=O) groups is 2. The number of aliphatic hydroxyl groups is 1. The Morgan fingerprint density at radius 2 is 1.86 bits per heavy atom. The lowest BCUT2D eigenvalue weighted by molar-refractivity contribution is -0.140. The van der Waals surface area contributed by atoms with Gasteiger partial charge in [0.1, 0.15) is 11.5 Å². The lowest BCUT2D eigenvalue weighted by Crippen LogP contribution is -2.38. The highest BCUT2D eigenvalue weighted by Gasteiger charge is 2.45. The van der Waals surface area contributed by atoms with Gasteiger partial charge in [-0.25, -0.2) is 0 Å². The minimum Gasteiger partial charge on any atom is -0.507 e. The van der Waals surface area contributed by atoms with E-state index in [4.69, 9.17) is 9.47 Å². The van der Waals surface area contributed by atoms with Crippen LogP contribution in [0.25, 0.3) is 5.76 Å². The Balaban J connectivity index is 1.65. The highest BCUT2D eigenvalue weighted by atomic mass is 127. The van der Waals surface area contributed by atoms with Crippen molar-refractivity contribution in [3.8, 4) is 5.75 Å². The van der Waals surface area contributed by atoms with E-state index in [1.807, 2.05) is 37.3 Å². The Kier molecular flexibility index (Phi) is 8.80. The maximum atomic E-state index is 13.2. The van der Waals surface area contributed by atoms with Crippen LogP contribution in [0.2, 0.25) is 0 Å². The van der Waals surface area contributed by atoms with Crippen molar-refractivity contribution >= 4 is 40.0 Å². The quantitative estimate of drug-likeness (QED) is 0.204. The largest absolute Gasteiger partial charge is 0.507 e. The Bertz CT molecular complexity index is 1080. The predicted molar refractivity (Wildman–Crippen MR) is 142 cm³/mol. The molecule has 1 N–H and O–H groups in total. The number of carbonyl (C=O) groups excluding carboxylic acids is 2. The van der Waals surface area contributed by atoms with Gasteiger partial charge in [-0.3, -0.25) is 14.5 Å². The minimum absolute atomic E-state index is 0.121. The van der Waals surface area contributed by atoms with Crippen LogP contribution in [-0.2, 0) is 14.3 Å². The second-order valence-electron chi connectivity index (χ2n) is 8.73. The molecule has 4 rings (SSSR count). The van der Waals surface area contributed by atoms with Crippen LogP contribution in [0.15, 0.2) is 54.1 Å². The lowest BCUT2D eigenvalue weighted by Gasteiger charge is -2.29. The molecule has 0 radical (unpaired) electrons. The molecular weight excluding hydrogens is 559 g/mol. The smallest absolute Gasteiger partial charge is 0.295 e. The third kappa shape index (κ3) is 6.05. The first-order chi connectivity index (χ1) is 17.0. The van der Waals surface area contributed by atoms with E-state index in [9.17, 15) is 14.7 Å². The number of benzene rings is 2. The molecule has 2 aromatic rings. The first-order valence-corrected chi connectivity index (χ1v) is 13.1. The second kappa shape index (κ2) is 12.0. The van der Waals surface area contributed by atoms with E-state index in [1.54, 1.807) is 23.1 Å². The summed E-state index contributed by atoms with van der Waals surface area (Å²) in [5.41, 5.74) is 1.38. The number of likely N-dealkylation sites (tertiary alicyclic amines) is 1. The lowest BCUT2D eigenvalue weighted by atomic mass is 9.95. The molecule has 1 atom stereocenters. The summed E-state index contributed by atoms with van der Waals surface area (Å²) < 4.78 is 12.2. The monoisotopic (exact) mass is 590 g/mol. The first-order valence-electron chi connectivity index (χ1n) is 12.1. The molecule has 2 aromatic carbocycles. The van der Waals surface area contributed by atoms with Gasteiger partial charge in [0.2, 0.25) is 0 Å². The predicted octanol–water partition coefficient (Wildman–Crippen LogP) is 4.22. The molecule has 0 bridgehead atoms. The number of hydrogen-bond acceptors (Lipinski definition) is 6. The van der Waals surface area contributed by atoms with E-state index >= 15 is 0 Å². The van der Waals surface area contributed by atoms with Gasteiger partial charge in [0.25, 0.3) is 11.7 Å². The molecule has 0 aromatic heterocycles. The molecule has 0 spiro atoms. The fraction of sp³-hybridized carbons (Fsp3) is 0.407. The maximum Gasteiger partial charge on any atom is 0.295 e. The molecule has 7 nitrogen and oxygen atoms in total. The molecule has 2 aliphatic rings. The molecule has 2 aliphatic heterocycles. The Hall–Kier alpha value is -2.43. The summed E-state index contributed by atoms with van der Waals surface area (Å²) in [6.45, 7) is 7.00. The normalized spacial score (nSPS) is 20.4. The molecular formula is C27H31IN2O5. The topological polar surface area (TPSA) is 79.3 Å². The number of aliphatic hydroxyl groups excluding tert-OH is 1. The molecule has 186 valence electrons. The zero-order chi connectivity index (χ0) is 24.8. The molecule has 0 aliphatic carbocycles. The van der Waals surface area contributed by atoms with Gasteiger partial charge < -0.3 is 19.5 Å². The van der Waals surface area contributed by atoms with Crippen LogP contribution in [0, 0.1) is 3.57 Å². The van der Waals surface area contributed by atoms with E-state index in [-0.39, 0.29) is 11.3 Å². The second-order valence-corrected chi connectivity index (χ2v) is 9.97. The van der Waals surface area contributed by atoms with E-state index in [2.05, 4.69) is 27.5 Å².